The van der Waals surface area contributed by atoms with Crippen molar-refractivity contribution in [1.29, 1.82) is 0 Å². The number of carbonyl (C=O) groups is 1. The second kappa shape index (κ2) is 6.76. The number of urea groups is 1. The minimum Gasteiger partial charge on any atom is -0.366 e. The first kappa shape index (κ1) is 16.9. The molecule has 140 valence electrons. The van der Waals surface area contributed by atoms with E-state index in [1.54, 1.807) is 17.2 Å². The average molecular weight is 393 g/mol. The number of rotatable bonds is 2. The summed E-state index contributed by atoms with van der Waals surface area (Å²) >= 11 is 6.14. The van der Waals surface area contributed by atoms with Crippen LogP contribution in [0.15, 0.2) is 55.0 Å². The first-order valence-electron chi connectivity index (χ1n) is 9.07. The third-order valence-electron chi connectivity index (χ3n) is 5.11. The van der Waals surface area contributed by atoms with Crippen LogP contribution in [0.3, 0.4) is 0 Å². The molecule has 2 aromatic heterocycles. The highest BCUT2D eigenvalue weighted by atomic mass is 35.5. The third kappa shape index (κ3) is 2.93. The van der Waals surface area contributed by atoms with Crippen molar-refractivity contribution in [2.24, 2.45) is 0 Å². The zero-order chi connectivity index (χ0) is 19.1. The third-order valence-corrected chi connectivity index (χ3v) is 5.34. The number of benzene rings is 1. The van der Waals surface area contributed by atoms with Crippen molar-refractivity contribution in [1.82, 2.24) is 15.0 Å². The Kier molecular flexibility index (Phi) is 4.09. The second-order valence-corrected chi connectivity index (χ2v) is 7.27. The van der Waals surface area contributed by atoms with Gasteiger partial charge in [0, 0.05) is 29.9 Å². The van der Waals surface area contributed by atoms with Crippen molar-refractivity contribution in [3.05, 3.63) is 60.0 Å². The zero-order valence-electron chi connectivity index (χ0n) is 14.9. The van der Waals surface area contributed by atoms with Gasteiger partial charge in [-0.1, -0.05) is 23.7 Å². The van der Waals surface area contributed by atoms with Crippen LogP contribution in [0.5, 0.6) is 0 Å². The predicted octanol–water partition coefficient (Wildman–Crippen LogP) is 3.82. The van der Waals surface area contributed by atoms with Gasteiger partial charge in [0.25, 0.3) is 0 Å². The number of hydrogen-bond acceptors (Lipinski definition) is 5. The van der Waals surface area contributed by atoms with Crippen LogP contribution < -0.4 is 15.1 Å². The van der Waals surface area contributed by atoms with Crippen LogP contribution in [-0.2, 0) is 0 Å². The number of amides is 2. The smallest absolute Gasteiger partial charge is 0.329 e. The molecule has 0 aliphatic carbocycles. The van der Waals surface area contributed by atoms with Crippen LogP contribution >= 0.6 is 11.6 Å². The predicted molar refractivity (Wildman–Crippen MR) is 109 cm³/mol. The van der Waals surface area contributed by atoms with Crippen molar-refractivity contribution in [2.45, 2.75) is 12.5 Å². The highest BCUT2D eigenvalue weighted by Gasteiger charge is 2.40. The van der Waals surface area contributed by atoms with Gasteiger partial charge in [-0.2, -0.15) is 0 Å². The van der Waals surface area contributed by atoms with Crippen LogP contribution in [-0.4, -0.2) is 40.1 Å². The van der Waals surface area contributed by atoms with Gasteiger partial charge in [0.2, 0.25) is 0 Å². The fourth-order valence-electron chi connectivity index (χ4n) is 3.81. The Morgan fingerprint density at radius 1 is 1.21 bits per heavy atom. The maximum Gasteiger partial charge on any atom is 0.329 e. The van der Waals surface area contributed by atoms with E-state index in [4.69, 9.17) is 16.6 Å². The van der Waals surface area contributed by atoms with Crippen molar-refractivity contribution >= 4 is 35.0 Å². The number of nitrogens with one attached hydrogen (secondary N) is 1. The largest absolute Gasteiger partial charge is 0.366 e. The molecule has 7 nitrogen and oxygen atoms in total. The summed E-state index contributed by atoms with van der Waals surface area (Å²) in [5.41, 5.74) is 2.67. The number of nitrogens with zero attached hydrogens (tertiary/aromatic N) is 5. The number of anilines is 3. The number of hydrogen-bond donors (Lipinski definition) is 1. The Balaban J connectivity index is 1.54. The van der Waals surface area contributed by atoms with Crippen LogP contribution in [0.25, 0.3) is 11.3 Å². The Morgan fingerprint density at radius 2 is 2.14 bits per heavy atom. The summed E-state index contributed by atoms with van der Waals surface area (Å²) < 4.78 is 0. The van der Waals surface area contributed by atoms with E-state index in [0.717, 1.165) is 36.5 Å². The summed E-state index contributed by atoms with van der Waals surface area (Å²) in [5.74, 6) is 1.13. The molecule has 1 atom stereocenters. The molecule has 1 fully saturated rings. The minimum atomic E-state index is -0.234. The summed E-state index contributed by atoms with van der Waals surface area (Å²) in [6, 6.07) is 13.1. The quantitative estimate of drug-likeness (QED) is 0.717. The molecule has 1 N–H and O–H groups in total. The highest BCUT2D eigenvalue weighted by Crippen LogP contribution is 2.40. The fraction of sp³-hybridized carbons (Fsp3) is 0.200. The maximum atomic E-state index is 13.1. The SMILES string of the molecule is O=C(Nc1ccncn1)N1c2nc(-c3cccc(Cl)c3)ccc2N2CC[C@@H]1C2. The average Bonchev–Trinajstić information content (AvgIpc) is 3.13. The number of pyridine rings is 1. The summed E-state index contributed by atoms with van der Waals surface area (Å²) in [4.78, 5) is 30.0. The van der Waals surface area contributed by atoms with Crippen molar-refractivity contribution < 1.29 is 4.79 Å². The molecule has 28 heavy (non-hydrogen) atoms. The van der Waals surface area contributed by atoms with Crippen LogP contribution in [0.1, 0.15) is 6.42 Å². The first-order chi connectivity index (χ1) is 13.7. The second-order valence-electron chi connectivity index (χ2n) is 6.83. The van der Waals surface area contributed by atoms with Crippen LogP contribution in [0, 0.1) is 0 Å². The lowest BCUT2D eigenvalue weighted by atomic mass is 10.1. The summed E-state index contributed by atoms with van der Waals surface area (Å²) in [7, 11) is 0. The molecule has 2 amide bonds. The van der Waals surface area contributed by atoms with Crippen LogP contribution in [0.2, 0.25) is 5.02 Å². The molecule has 0 saturated carbocycles. The molecule has 2 aliphatic heterocycles. The Bertz CT molecular complexity index is 1040. The number of fused-ring (bicyclic) bond motifs is 4. The number of aromatic nitrogens is 3. The first-order valence-corrected chi connectivity index (χ1v) is 9.45. The minimum absolute atomic E-state index is 0.0800. The molecule has 2 aliphatic rings. The van der Waals surface area contributed by atoms with Gasteiger partial charge in [0.05, 0.1) is 17.4 Å². The Hall–Kier alpha value is -3.19. The molecule has 3 aromatic rings. The van der Waals surface area contributed by atoms with Gasteiger partial charge in [0.15, 0.2) is 5.82 Å². The molecule has 0 unspecified atom stereocenters. The van der Waals surface area contributed by atoms with Crippen LogP contribution in [0.4, 0.5) is 22.1 Å². The normalized spacial score (nSPS) is 17.4. The monoisotopic (exact) mass is 392 g/mol. The van der Waals surface area contributed by atoms with Gasteiger partial charge < -0.3 is 4.90 Å². The van der Waals surface area contributed by atoms with E-state index >= 15 is 0 Å². The van der Waals surface area contributed by atoms with Gasteiger partial charge in [-0.3, -0.25) is 10.2 Å². The van der Waals surface area contributed by atoms with Gasteiger partial charge in [-0.15, -0.1) is 0 Å². The molecule has 0 spiro atoms. The molecule has 1 aromatic carbocycles. The molecular formula is C20H17ClN6O. The van der Waals surface area contributed by atoms with Crippen molar-refractivity contribution in [3.63, 3.8) is 0 Å². The van der Waals surface area contributed by atoms with E-state index in [0.29, 0.717) is 16.7 Å². The molecule has 8 heteroatoms. The summed E-state index contributed by atoms with van der Waals surface area (Å²) in [6.07, 6.45) is 3.91. The van der Waals surface area contributed by atoms with Crippen molar-refractivity contribution in [2.75, 3.05) is 28.2 Å². The van der Waals surface area contributed by atoms with Gasteiger partial charge in [0.1, 0.15) is 12.1 Å². The lowest BCUT2D eigenvalue weighted by molar-refractivity contribution is 0.254. The molecule has 2 bridgehead atoms. The van der Waals surface area contributed by atoms with Gasteiger partial charge in [-0.05, 0) is 36.8 Å². The maximum absolute atomic E-state index is 13.1. The number of halogens is 1. The van der Waals surface area contributed by atoms with Gasteiger partial charge in [-0.25, -0.2) is 19.7 Å². The highest BCUT2D eigenvalue weighted by molar-refractivity contribution is 6.30. The lowest BCUT2D eigenvalue weighted by Gasteiger charge is -2.35. The summed E-state index contributed by atoms with van der Waals surface area (Å²) in [6.45, 7) is 1.72. The van der Waals surface area contributed by atoms with Gasteiger partial charge >= 0.3 is 6.03 Å². The molecule has 5 rings (SSSR count). The molecule has 1 saturated heterocycles. The standard InChI is InChI=1S/C20H17ClN6O/c21-14-3-1-2-13(10-14)16-4-5-17-19(24-16)27(15-7-9-26(17)11-15)20(28)25-18-6-8-22-12-23-18/h1-6,8,10,12,15H,7,9,11H2,(H,22,23,25,28)/t15-/m1/s1. The van der Waals surface area contributed by atoms with E-state index in [-0.39, 0.29) is 12.1 Å². The molecule has 0 radical (unpaired) electrons. The molecule has 4 heterocycles. The lowest BCUT2D eigenvalue weighted by Crippen LogP contribution is -2.48. The van der Waals surface area contributed by atoms with E-state index in [9.17, 15) is 4.79 Å². The topological polar surface area (TPSA) is 74.2 Å². The molecular weight excluding hydrogens is 376 g/mol. The zero-order valence-corrected chi connectivity index (χ0v) is 15.7. The van der Waals surface area contributed by atoms with E-state index in [1.165, 1.54) is 6.33 Å². The van der Waals surface area contributed by atoms with Crippen molar-refractivity contribution in [3.8, 4) is 11.3 Å². The van der Waals surface area contributed by atoms with E-state index in [1.807, 2.05) is 36.4 Å². The summed E-state index contributed by atoms with van der Waals surface area (Å²) in [5, 5.41) is 3.51. The van der Waals surface area contributed by atoms with E-state index < -0.39 is 0 Å². The Labute approximate surface area is 167 Å². The fourth-order valence-corrected chi connectivity index (χ4v) is 4.00. The Morgan fingerprint density at radius 3 is 2.96 bits per heavy atom. The van der Waals surface area contributed by atoms with E-state index in [2.05, 4.69) is 20.2 Å². The number of carbonyl (C=O) groups excluding carboxylic acids is 1.